The van der Waals surface area contributed by atoms with Crippen LogP contribution in [0.1, 0.15) is 33.1 Å². The molecule has 1 aliphatic rings. The van der Waals surface area contributed by atoms with Crippen LogP contribution in [0.15, 0.2) is 0 Å². The van der Waals surface area contributed by atoms with Gasteiger partial charge in [0.05, 0.1) is 6.10 Å². The summed E-state index contributed by atoms with van der Waals surface area (Å²) in [5.41, 5.74) is 5.69. The van der Waals surface area contributed by atoms with Crippen LogP contribution in [0.3, 0.4) is 0 Å². The highest BCUT2D eigenvalue weighted by molar-refractivity contribution is 4.75. The van der Waals surface area contributed by atoms with Crippen LogP contribution in [0.5, 0.6) is 0 Å². The van der Waals surface area contributed by atoms with Gasteiger partial charge in [-0.05, 0) is 32.2 Å². The summed E-state index contributed by atoms with van der Waals surface area (Å²) in [4.78, 5) is 2.52. The Hall–Kier alpha value is -0.120. The van der Waals surface area contributed by atoms with Crippen LogP contribution in [0, 0.1) is 5.92 Å². The molecule has 90 valence electrons. The van der Waals surface area contributed by atoms with Gasteiger partial charge in [-0.15, -0.1) is 0 Å². The lowest BCUT2D eigenvalue weighted by atomic mass is 9.95. The summed E-state index contributed by atoms with van der Waals surface area (Å²) in [6.07, 6.45) is 4.26. The molecular weight excluding hydrogens is 188 g/mol. The Balaban J connectivity index is 2.29. The molecule has 0 aromatic carbocycles. The Morgan fingerprint density at radius 3 is 2.87 bits per heavy atom. The van der Waals surface area contributed by atoms with Crippen LogP contribution >= 0.6 is 0 Å². The normalized spacial score (nSPS) is 25.4. The van der Waals surface area contributed by atoms with E-state index in [1.807, 2.05) is 6.92 Å². The van der Waals surface area contributed by atoms with Gasteiger partial charge in [-0.25, -0.2) is 0 Å². The van der Waals surface area contributed by atoms with E-state index in [1.54, 1.807) is 0 Å². The molecule has 3 heteroatoms. The van der Waals surface area contributed by atoms with Gasteiger partial charge in [0.2, 0.25) is 0 Å². The van der Waals surface area contributed by atoms with Gasteiger partial charge in [-0.2, -0.15) is 0 Å². The smallest absolute Gasteiger partial charge is 0.0823 e. The zero-order valence-electron chi connectivity index (χ0n) is 10.2. The van der Waals surface area contributed by atoms with Crippen LogP contribution in [-0.2, 0) is 4.74 Å². The number of ether oxygens (including phenoxy) is 1. The predicted molar refractivity (Wildman–Crippen MR) is 63.9 cm³/mol. The molecule has 2 atom stereocenters. The zero-order valence-corrected chi connectivity index (χ0v) is 10.2. The molecule has 1 heterocycles. The maximum atomic E-state index is 5.69. The van der Waals surface area contributed by atoms with E-state index >= 15 is 0 Å². The molecule has 1 aliphatic heterocycles. The van der Waals surface area contributed by atoms with E-state index in [9.17, 15) is 0 Å². The van der Waals surface area contributed by atoms with Crippen LogP contribution in [0.4, 0.5) is 0 Å². The van der Waals surface area contributed by atoms with Crippen molar-refractivity contribution in [3.63, 3.8) is 0 Å². The standard InChI is InChI=1S/C12H26N2O/c1-3-11-6-5-7-14(9-11)10-12(8-13)15-4-2/h11-12H,3-10,13H2,1-2H3. The number of likely N-dealkylation sites (tertiary alicyclic amines) is 1. The first-order valence-corrected chi connectivity index (χ1v) is 6.34. The third-order valence-electron chi connectivity index (χ3n) is 3.31. The minimum atomic E-state index is 0.227. The number of piperidine rings is 1. The maximum Gasteiger partial charge on any atom is 0.0823 e. The summed E-state index contributed by atoms with van der Waals surface area (Å²) < 4.78 is 5.60. The molecule has 0 bridgehead atoms. The third-order valence-corrected chi connectivity index (χ3v) is 3.31. The van der Waals surface area contributed by atoms with Crippen LogP contribution in [-0.4, -0.2) is 43.8 Å². The number of hydrogen-bond acceptors (Lipinski definition) is 3. The van der Waals surface area contributed by atoms with E-state index in [4.69, 9.17) is 10.5 Å². The summed E-state index contributed by atoms with van der Waals surface area (Å²) in [5.74, 6) is 0.888. The number of hydrogen-bond donors (Lipinski definition) is 1. The molecule has 1 fully saturated rings. The Bertz CT molecular complexity index is 164. The van der Waals surface area contributed by atoms with Gasteiger partial charge in [-0.3, -0.25) is 0 Å². The molecule has 3 nitrogen and oxygen atoms in total. The third kappa shape index (κ3) is 4.49. The monoisotopic (exact) mass is 214 g/mol. The largest absolute Gasteiger partial charge is 0.376 e. The first kappa shape index (κ1) is 12.9. The molecule has 1 saturated heterocycles. The van der Waals surface area contributed by atoms with E-state index in [-0.39, 0.29) is 6.10 Å². The quantitative estimate of drug-likeness (QED) is 0.728. The van der Waals surface area contributed by atoms with Gasteiger partial charge in [-0.1, -0.05) is 13.3 Å². The van der Waals surface area contributed by atoms with Gasteiger partial charge in [0.25, 0.3) is 0 Å². The van der Waals surface area contributed by atoms with Gasteiger partial charge in [0, 0.05) is 26.2 Å². The minimum absolute atomic E-state index is 0.227. The Morgan fingerprint density at radius 2 is 2.27 bits per heavy atom. The molecule has 0 saturated carbocycles. The molecule has 0 radical (unpaired) electrons. The van der Waals surface area contributed by atoms with Gasteiger partial charge >= 0.3 is 0 Å². The average Bonchev–Trinajstić information content (AvgIpc) is 2.29. The first-order valence-electron chi connectivity index (χ1n) is 6.34. The van der Waals surface area contributed by atoms with Crippen molar-refractivity contribution in [1.29, 1.82) is 0 Å². The van der Waals surface area contributed by atoms with Crippen molar-refractivity contribution in [2.75, 3.05) is 32.8 Å². The number of nitrogens with zero attached hydrogens (tertiary/aromatic N) is 1. The Labute approximate surface area is 94.0 Å². The van der Waals surface area contributed by atoms with Crippen molar-refractivity contribution in [3.8, 4) is 0 Å². The fourth-order valence-electron chi connectivity index (χ4n) is 2.37. The SMILES string of the molecule is CCOC(CN)CN1CCCC(CC)C1. The maximum absolute atomic E-state index is 5.69. The van der Waals surface area contributed by atoms with Gasteiger partial charge in [0.1, 0.15) is 0 Å². The molecule has 0 spiro atoms. The molecule has 1 rings (SSSR count). The lowest BCUT2D eigenvalue weighted by Gasteiger charge is -2.34. The molecule has 0 aliphatic carbocycles. The van der Waals surface area contributed by atoms with Crippen molar-refractivity contribution in [3.05, 3.63) is 0 Å². The lowest BCUT2D eigenvalue weighted by Crippen LogP contribution is -2.43. The van der Waals surface area contributed by atoms with Crippen LogP contribution < -0.4 is 5.73 Å². The van der Waals surface area contributed by atoms with E-state index in [0.29, 0.717) is 6.54 Å². The Kier molecular flexibility index (Phi) is 6.22. The summed E-state index contributed by atoms with van der Waals surface area (Å²) in [7, 11) is 0. The average molecular weight is 214 g/mol. The second kappa shape index (κ2) is 7.20. The predicted octanol–water partition coefficient (Wildman–Crippen LogP) is 1.47. The topological polar surface area (TPSA) is 38.5 Å². The summed E-state index contributed by atoms with van der Waals surface area (Å²) >= 11 is 0. The van der Waals surface area contributed by atoms with Gasteiger partial charge < -0.3 is 15.4 Å². The van der Waals surface area contributed by atoms with Crippen molar-refractivity contribution in [2.45, 2.75) is 39.2 Å². The second-order valence-electron chi connectivity index (χ2n) is 4.49. The minimum Gasteiger partial charge on any atom is -0.376 e. The first-order chi connectivity index (χ1) is 7.30. The van der Waals surface area contributed by atoms with Crippen molar-refractivity contribution < 1.29 is 4.74 Å². The number of rotatable bonds is 6. The van der Waals surface area contributed by atoms with Crippen LogP contribution in [0.25, 0.3) is 0 Å². The highest BCUT2D eigenvalue weighted by Crippen LogP contribution is 2.19. The highest BCUT2D eigenvalue weighted by atomic mass is 16.5. The molecule has 15 heavy (non-hydrogen) atoms. The lowest BCUT2D eigenvalue weighted by molar-refractivity contribution is 0.0275. The van der Waals surface area contributed by atoms with Crippen molar-refractivity contribution in [2.24, 2.45) is 11.7 Å². The Morgan fingerprint density at radius 1 is 1.47 bits per heavy atom. The van der Waals surface area contributed by atoms with E-state index < -0.39 is 0 Å². The highest BCUT2D eigenvalue weighted by Gasteiger charge is 2.20. The van der Waals surface area contributed by atoms with E-state index in [2.05, 4.69) is 11.8 Å². The molecule has 0 amide bonds. The zero-order chi connectivity index (χ0) is 11.1. The van der Waals surface area contributed by atoms with E-state index in [0.717, 1.165) is 19.1 Å². The molecular formula is C12H26N2O. The second-order valence-corrected chi connectivity index (χ2v) is 4.49. The van der Waals surface area contributed by atoms with Crippen molar-refractivity contribution in [1.82, 2.24) is 4.90 Å². The summed E-state index contributed by atoms with van der Waals surface area (Å²) in [5, 5.41) is 0. The summed E-state index contributed by atoms with van der Waals surface area (Å²) in [6.45, 7) is 9.21. The summed E-state index contributed by atoms with van der Waals surface area (Å²) in [6, 6.07) is 0. The molecule has 2 unspecified atom stereocenters. The van der Waals surface area contributed by atoms with Crippen LogP contribution in [0.2, 0.25) is 0 Å². The molecule has 0 aromatic heterocycles. The number of nitrogens with two attached hydrogens (primary N) is 1. The van der Waals surface area contributed by atoms with Gasteiger partial charge in [0.15, 0.2) is 0 Å². The van der Waals surface area contributed by atoms with Crippen molar-refractivity contribution >= 4 is 0 Å². The fraction of sp³-hybridized carbons (Fsp3) is 1.00. The molecule has 0 aromatic rings. The van der Waals surface area contributed by atoms with E-state index in [1.165, 1.54) is 32.4 Å². The fourth-order valence-corrected chi connectivity index (χ4v) is 2.37. The molecule has 2 N–H and O–H groups in total.